The summed E-state index contributed by atoms with van der Waals surface area (Å²) in [5.41, 5.74) is 0.596. The van der Waals surface area contributed by atoms with Crippen LogP contribution < -0.4 is 5.32 Å². The Hall–Kier alpha value is -1.44. The van der Waals surface area contributed by atoms with Gasteiger partial charge in [0.2, 0.25) is 10.0 Å². The van der Waals surface area contributed by atoms with E-state index in [2.05, 4.69) is 15.3 Å². The van der Waals surface area contributed by atoms with Gasteiger partial charge in [0.15, 0.2) is 0 Å². The molecule has 2 aromatic rings. The van der Waals surface area contributed by atoms with E-state index >= 15 is 0 Å². The second-order valence-electron chi connectivity index (χ2n) is 5.13. The number of hydrogen-bond donors (Lipinski definition) is 2. The van der Waals surface area contributed by atoms with Gasteiger partial charge in [-0.05, 0) is 31.5 Å². The highest BCUT2D eigenvalue weighted by molar-refractivity contribution is 7.89. The van der Waals surface area contributed by atoms with E-state index in [0.29, 0.717) is 22.5 Å². The number of likely N-dealkylation sites (N-methyl/N-ethyl adjacent to an activating group) is 1. The third-order valence-electron chi connectivity index (χ3n) is 3.74. The third kappa shape index (κ3) is 2.32. The van der Waals surface area contributed by atoms with E-state index < -0.39 is 10.0 Å². The predicted molar refractivity (Wildman–Crippen MR) is 76.9 cm³/mol. The van der Waals surface area contributed by atoms with Gasteiger partial charge >= 0.3 is 0 Å². The fraction of sp³-hybridized carbons (Fsp3) is 0.462. The van der Waals surface area contributed by atoms with E-state index in [-0.39, 0.29) is 6.04 Å². The maximum atomic E-state index is 12.6. The van der Waals surface area contributed by atoms with E-state index in [1.54, 1.807) is 25.4 Å². The van der Waals surface area contributed by atoms with Gasteiger partial charge in [-0.1, -0.05) is 0 Å². The highest BCUT2D eigenvalue weighted by Crippen LogP contribution is 2.24. The lowest BCUT2D eigenvalue weighted by Crippen LogP contribution is -2.38. The van der Waals surface area contributed by atoms with E-state index in [9.17, 15) is 8.42 Å². The number of pyridine rings is 1. The molecular formula is C13H18N4O2S. The van der Waals surface area contributed by atoms with Crippen molar-refractivity contribution in [1.29, 1.82) is 0 Å². The van der Waals surface area contributed by atoms with Gasteiger partial charge < -0.3 is 10.3 Å². The molecule has 2 N–H and O–H groups in total. The number of nitrogens with one attached hydrogen (secondary N) is 2. The summed E-state index contributed by atoms with van der Waals surface area (Å²) in [6.45, 7) is 1.46. The molecule has 0 aliphatic carbocycles. The summed E-state index contributed by atoms with van der Waals surface area (Å²) >= 11 is 0. The van der Waals surface area contributed by atoms with Crippen LogP contribution in [0.25, 0.3) is 11.0 Å². The first-order valence-electron chi connectivity index (χ1n) is 6.71. The average molecular weight is 294 g/mol. The Morgan fingerprint density at radius 3 is 3.10 bits per heavy atom. The van der Waals surface area contributed by atoms with E-state index in [1.165, 1.54) is 10.5 Å². The predicted octanol–water partition coefficient (Wildman–Crippen LogP) is 0.935. The fourth-order valence-electron chi connectivity index (χ4n) is 2.63. The Morgan fingerprint density at radius 2 is 2.35 bits per heavy atom. The Bertz CT molecular complexity index is 704. The summed E-state index contributed by atoms with van der Waals surface area (Å²) in [5, 5.41) is 3.95. The molecule has 0 radical (unpaired) electrons. The molecule has 2 aromatic heterocycles. The second-order valence-corrected chi connectivity index (χ2v) is 7.14. The van der Waals surface area contributed by atoms with Crippen molar-refractivity contribution in [2.75, 3.05) is 20.1 Å². The Morgan fingerprint density at radius 1 is 1.50 bits per heavy atom. The van der Waals surface area contributed by atoms with Crippen LogP contribution in [-0.4, -0.2) is 48.9 Å². The summed E-state index contributed by atoms with van der Waals surface area (Å²) in [6.07, 6.45) is 5.29. The first-order chi connectivity index (χ1) is 9.59. The monoisotopic (exact) mass is 294 g/mol. The first kappa shape index (κ1) is 13.5. The van der Waals surface area contributed by atoms with Crippen LogP contribution in [0, 0.1) is 0 Å². The number of sulfonamides is 1. The molecule has 20 heavy (non-hydrogen) atoms. The van der Waals surface area contributed by atoms with Crippen LogP contribution in [-0.2, 0) is 10.0 Å². The molecule has 1 unspecified atom stereocenters. The Kier molecular flexibility index (Phi) is 3.49. The van der Waals surface area contributed by atoms with Gasteiger partial charge in [-0.2, -0.15) is 4.31 Å². The standard InChI is InChI=1S/C13H18N4O2S/c1-17(9-10-4-2-6-14-10)20(18,19)12-8-16-13-11(12)5-3-7-15-13/h3,5,7-8,10,14H,2,4,6,9H2,1H3,(H,15,16). The minimum absolute atomic E-state index is 0.248. The van der Waals surface area contributed by atoms with Crippen LogP contribution in [0.1, 0.15) is 12.8 Å². The summed E-state index contributed by atoms with van der Waals surface area (Å²) in [5.74, 6) is 0. The van der Waals surface area contributed by atoms with Gasteiger partial charge in [-0.3, -0.25) is 0 Å². The number of aromatic amines is 1. The highest BCUT2D eigenvalue weighted by Gasteiger charge is 2.27. The quantitative estimate of drug-likeness (QED) is 0.879. The molecule has 1 atom stereocenters. The molecule has 0 aromatic carbocycles. The molecule has 0 bridgehead atoms. The van der Waals surface area contributed by atoms with Gasteiger partial charge in [-0.25, -0.2) is 13.4 Å². The molecule has 1 saturated heterocycles. The van der Waals surface area contributed by atoms with Gasteiger partial charge in [0.25, 0.3) is 0 Å². The van der Waals surface area contributed by atoms with Crippen molar-refractivity contribution in [3.05, 3.63) is 24.5 Å². The van der Waals surface area contributed by atoms with Crippen LogP contribution in [0.3, 0.4) is 0 Å². The summed E-state index contributed by atoms with van der Waals surface area (Å²) in [6, 6.07) is 3.76. The minimum Gasteiger partial charge on any atom is -0.345 e. The van der Waals surface area contributed by atoms with E-state index in [4.69, 9.17) is 0 Å². The Balaban J connectivity index is 1.90. The zero-order valence-electron chi connectivity index (χ0n) is 11.3. The highest BCUT2D eigenvalue weighted by atomic mass is 32.2. The molecule has 0 spiro atoms. The zero-order valence-corrected chi connectivity index (χ0v) is 12.2. The summed E-state index contributed by atoms with van der Waals surface area (Å²) in [4.78, 5) is 7.33. The van der Waals surface area contributed by atoms with Gasteiger partial charge in [-0.15, -0.1) is 0 Å². The average Bonchev–Trinajstić information content (AvgIpc) is 3.07. The lowest BCUT2D eigenvalue weighted by Gasteiger charge is -2.20. The van der Waals surface area contributed by atoms with Crippen molar-refractivity contribution >= 4 is 21.1 Å². The van der Waals surface area contributed by atoms with Gasteiger partial charge in [0, 0.05) is 37.4 Å². The van der Waals surface area contributed by atoms with Crippen molar-refractivity contribution in [2.45, 2.75) is 23.8 Å². The SMILES string of the molecule is CN(CC1CCCN1)S(=O)(=O)c1c[nH]c2ncccc12. The van der Waals surface area contributed by atoms with Crippen LogP contribution in [0.2, 0.25) is 0 Å². The largest absolute Gasteiger partial charge is 0.345 e. The molecule has 108 valence electrons. The van der Waals surface area contributed by atoms with Crippen molar-refractivity contribution in [3.8, 4) is 0 Å². The van der Waals surface area contributed by atoms with Crippen LogP contribution in [0.5, 0.6) is 0 Å². The minimum atomic E-state index is -3.49. The maximum Gasteiger partial charge on any atom is 0.245 e. The topological polar surface area (TPSA) is 78.1 Å². The smallest absolute Gasteiger partial charge is 0.245 e. The number of rotatable bonds is 4. The number of nitrogens with zero attached hydrogens (tertiary/aromatic N) is 2. The molecule has 3 rings (SSSR count). The number of H-pyrrole nitrogens is 1. The Labute approximate surface area is 118 Å². The van der Waals surface area contributed by atoms with Gasteiger partial charge in [0.1, 0.15) is 10.5 Å². The molecule has 6 nitrogen and oxygen atoms in total. The molecular weight excluding hydrogens is 276 g/mol. The molecule has 3 heterocycles. The molecule has 7 heteroatoms. The van der Waals surface area contributed by atoms with E-state index in [1.807, 2.05) is 0 Å². The number of hydrogen-bond acceptors (Lipinski definition) is 4. The molecule has 0 saturated carbocycles. The van der Waals surface area contributed by atoms with Crippen LogP contribution in [0.15, 0.2) is 29.4 Å². The zero-order chi connectivity index (χ0) is 14.2. The van der Waals surface area contributed by atoms with Crippen molar-refractivity contribution in [3.63, 3.8) is 0 Å². The molecule has 1 aliphatic heterocycles. The summed E-state index contributed by atoms with van der Waals surface area (Å²) < 4.78 is 26.7. The summed E-state index contributed by atoms with van der Waals surface area (Å²) in [7, 11) is -1.86. The third-order valence-corrected chi connectivity index (χ3v) is 5.60. The van der Waals surface area contributed by atoms with Gasteiger partial charge in [0.05, 0.1) is 0 Å². The second kappa shape index (κ2) is 5.16. The number of fused-ring (bicyclic) bond motifs is 1. The van der Waals surface area contributed by atoms with Crippen LogP contribution >= 0.6 is 0 Å². The van der Waals surface area contributed by atoms with Crippen molar-refractivity contribution < 1.29 is 8.42 Å². The maximum absolute atomic E-state index is 12.6. The lowest BCUT2D eigenvalue weighted by atomic mass is 10.2. The molecule has 1 fully saturated rings. The molecule has 0 amide bonds. The van der Waals surface area contributed by atoms with Crippen molar-refractivity contribution in [2.24, 2.45) is 0 Å². The van der Waals surface area contributed by atoms with Crippen LogP contribution in [0.4, 0.5) is 0 Å². The van der Waals surface area contributed by atoms with Crippen molar-refractivity contribution in [1.82, 2.24) is 19.6 Å². The number of aromatic nitrogens is 2. The lowest BCUT2D eigenvalue weighted by molar-refractivity contribution is 0.418. The molecule has 1 aliphatic rings. The fourth-order valence-corrected chi connectivity index (χ4v) is 4.00. The van der Waals surface area contributed by atoms with E-state index in [0.717, 1.165) is 19.4 Å². The first-order valence-corrected chi connectivity index (χ1v) is 8.15. The normalized spacial score (nSPS) is 20.0.